The number of nitrogens with one attached hydrogen (secondary N) is 2. The van der Waals surface area contributed by atoms with E-state index in [0.29, 0.717) is 16.8 Å². The monoisotopic (exact) mass is 369 g/mol. The fourth-order valence-electron chi connectivity index (χ4n) is 2.30. The Kier molecular flexibility index (Phi) is 5.53. The van der Waals surface area contributed by atoms with Gasteiger partial charge in [-0.05, 0) is 62.7 Å². The zero-order valence-electron chi connectivity index (χ0n) is 14.8. The van der Waals surface area contributed by atoms with Crippen LogP contribution in [0.4, 0.5) is 23.1 Å². The molecule has 2 N–H and O–H groups in total. The number of ether oxygens (including phenoxy) is 1. The van der Waals surface area contributed by atoms with Gasteiger partial charge in [-0.2, -0.15) is 10.1 Å². The van der Waals surface area contributed by atoms with Crippen molar-refractivity contribution < 1.29 is 4.74 Å². The van der Waals surface area contributed by atoms with E-state index in [4.69, 9.17) is 16.3 Å². The summed E-state index contributed by atoms with van der Waals surface area (Å²) < 4.78 is 5.63. The van der Waals surface area contributed by atoms with E-state index in [0.717, 1.165) is 22.7 Å². The molecular formula is C19H20ClN5O. The molecule has 0 fully saturated rings. The fraction of sp³-hybridized carbons (Fsp3) is 0.211. The first kappa shape index (κ1) is 17.9. The summed E-state index contributed by atoms with van der Waals surface area (Å²) in [4.78, 5) is 4.43. The van der Waals surface area contributed by atoms with Crippen LogP contribution in [-0.2, 0) is 0 Å². The van der Waals surface area contributed by atoms with Gasteiger partial charge in [0, 0.05) is 16.4 Å². The zero-order valence-corrected chi connectivity index (χ0v) is 15.6. The van der Waals surface area contributed by atoms with E-state index < -0.39 is 0 Å². The molecule has 0 amide bonds. The SMILES string of the molecule is Cc1ccc(Cl)cc1Nc1cnnc(Nc2ccc(OC(C)C)cc2)n1. The minimum atomic E-state index is 0.138. The van der Waals surface area contributed by atoms with Crippen molar-refractivity contribution in [2.75, 3.05) is 10.6 Å². The molecular weight excluding hydrogens is 350 g/mol. The van der Waals surface area contributed by atoms with Crippen molar-refractivity contribution in [2.24, 2.45) is 0 Å². The highest BCUT2D eigenvalue weighted by molar-refractivity contribution is 6.30. The molecule has 6 nitrogen and oxygen atoms in total. The van der Waals surface area contributed by atoms with Crippen molar-refractivity contribution in [1.82, 2.24) is 15.2 Å². The second-order valence-electron chi connectivity index (χ2n) is 6.07. The van der Waals surface area contributed by atoms with E-state index >= 15 is 0 Å². The van der Waals surface area contributed by atoms with Gasteiger partial charge in [0.15, 0.2) is 5.82 Å². The van der Waals surface area contributed by atoms with Crippen LogP contribution in [-0.4, -0.2) is 21.3 Å². The number of hydrogen-bond donors (Lipinski definition) is 2. The average Bonchev–Trinajstić information content (AvgIpc) is 2.60. The lowest BCUT2D eigenvalue weighted by atomic mass is 10.2. The van der Waals surface area contributed by atoms with Gasteiger partial charge in [-0.15, -0.1) is 5.10 Å². The number of aromatic nitrogens is 3. The molecule has 0 radical (unpaired) electrons. The van der Waals surface area contributed by atoms with Crippen molar-refractivity contribution in [3.8, 4) is 5.75 Å². The minimum absolute atomic E-state index is 0.138. The Hall–Kier alpha value is -2.86. The summed E-state index contributed by atoms with van der Waals surface area (Å²) in [6, 6.07) is 13.2. The van der Waals surface area contributed by atoms with Crippen LogP contribution < -0.4 is 15.4 Å². The van der Waals surface area contributed by atoms with Crippen LogP contribution in [0.15, 0.2) is 48.7 Å². The van der Waals surface area contributed by atoms with Gasteiger partial charge in [-0.3, -0.25) is 0 Å². The smallest absolute Gasteiger partial charge is 0.249 e. The summed E-state index contributed by atoms with van der Waals surface area (Å²) in [7, 11) is 0. The van der Waals surface area contributed by atoms with Gasteiger partial charge < -0.3 is 15.4 Å². The zero-order chi connectivity index (χ0) is 18.5. The summed E-state index contributed by atoms with van der Waals surface area (Å²) in [5.74, 6) is 1.79. The van der Waals surface area contributed by atoms with Crippen LogP contribution in [0.5, 0.6) is 5.75 Å². The first-order valence-electron chi connectivity index (χ1n) is 8.26. The number of benzene rings is 2. The highest BCUT2D eigenvalue weighted by atomic mass is 35.5. The van der Waals surface area contributed by atoms with E-state index in [2.05, 4.69) is 25.8 Å². The Morgan fingerprint density at radius 2 is 1.81 bits per heavy atom. The Labute approximate surface area is 157 Å². The standard InChI is InChI=1S/C19H20ClN5O/c1-12(2)26-16-8-6-15(7-9-16)22-19-24-18(11-21-25-19)23-17-10-14(20)5-4-13(17)3/h4-12H,1-3H3,(H2,22,23,24,25). The van der Waals surface area contributed by atoms with E-state index in [1.54, 1.807) is 6.20 Å². The number of anilines is 4. The van der Waals surface area contributed by atoms with Crippen LogP contribution in [0.1, 0.15) is 19.4 Å². The predicted molar refractivity (Wildman–Crippen MR) is 105 cm³/mol. The van der Waals surface area contributed by atoms with Gasteiger partial charge in [0.25, 0.3) is 0 Å². The summed E-state index contributed by atoms with van der Waals surface area (Å²) in [5, 5.41) is 15.0. The molecule has 26 heavy (non-hydrogen) atoms. The number of halogens is 1. The molecule has 1 heterocycles. The number of rotatable bonds is 6. The molecule has 1 aromatic heterocycles. The van der Waals surface area contributed by atoms with Crippen LogP contribution >= 0.6 is 11.6 Å². The Morgan fingerprint density at radius 3 is 2.54 bits per heavy atom. The van der Waals surface area contributed by atoms with Crippen molar-refractivity contribution in [3.05, 3.63) is 59.2 Å². The van der Waals surface area contributed by atoms with E-state index in [1.807, 2.05) is 63.2 Å². The lowest BCUT2D eigenvalue weighted by Crippen LogP contribution is -2.05. The summed E-state index contributed by atoms with van der Waals surface area (Å²) in [5.41, 5.74) is 2.78. The van der Waals surface area contributed by atoms with Gasteiger partial charge in [0.05, 0.1) is 12.3 Å². The first-order valence-corrected chi connectivity index (χ1v) is 8.64. The lowest BCUT2D eigenvalue weighted by molar-refractivity contribution is 0.242. The van der Waals surface area contributed by atoms with Crippen LogP contribution in [0.25, 0.3) is 0 Å². The van der Waals surface area contributed by atoms with Crippen molar-refractivity contribution >= 4 is 34.7 Å². The van der Waals surface area contributed by atoms with Gasteiger partial charge in [0.1, 0.15) is 5.75 Å². The Morgan fingerprint density at radius 1 is 1.04 bits per heavy atom. The second-order valence-corrected chi connectivity index (χ2v) is 6.50. The molecule has 0 spiro atoms. The highest BCUT2D eigenvalue weighted by Gasteiger charge is 2.05. The van der Waals surface area contributed by atoms with Crippen LogP contribution in [0.2, 0.25) is 5.02 Å². The topological polar surface area (TPSA) is 72.0 Å². The maximum Gasteiger partial charge on any atom is 0.249 e. The lowest BCUT2D eigenvalue weighted by Gasteiger charge is -2.11. The molecule has 134 valence electrons. The molecule has 2 aromatic carbocycles. The van der Waals surface area contributed by atoms with Gasteiger partial charge in [0.2, 0.25) is 5.95 Å². The van der Waals surface area contributed by atoms with Gasteiger partial charge >= 0.3 is 0 Å². The molecule has 0 unspecified atom stereocenters. The van der Waals surface area contributed by atoms with E-state index in [9.17, 15) is 0 Å². The van der Waals surface area contributed by atoms with E-state index in [1.165, 1.54) is 0 Å². The summed E-state index contributed by atoms with van der Waals surface area (Å²) in [6.45, 7) is 5.98. The second kappa shape index (κ2) is 8.01. The van der Waals surface area contributed by atoms with Crippen molar-refractivity contribution in [3.63, 3.8) is 0 Å². The molecule has 7 heteroatoms. The minimum Gasteiger partial charge on any atom is -0.491 e. The molecule has 0 aliphatic carbocycles. The third-order valence-corrected chi connectivity index (χ3v) is 3.74. The average molecular weight is 370 g/mol. The van der Waals surface area contributed by atoms with Crippen molar-refractivity contribution in [2.45, 2.75) is 26.9 Å². The summed E-state index contributed by atoms with van der Waals surface area (Å²) in [6.07, 6.45) is 1.70. The van der Waals surface area contributed by atoms with Crippen LogP contribution in [0.3, 0.4) is 0 Å². The molecule has 0 aliphatic rings. The summed E-state index contributed by atoms with van der Waals surface area (Å²) >= 11 is 6.05. The van der Waals surface area contributed by atoms with Crippen LogP contribution in [0, 0.1) is 6.92 Å². The molecule has 0 saturated heterocycles. The Bertz CT molecular complexity index is 883. The third kappa shape index (κ3) is 4.83. The fourth-order valence-corrected chi connectivity index (χ4v) is 2.47. The largest absolute Gasteiger partial charge is 0.491 e. The van der Waals surface area contributed by atoms with Crippen molar-refractivity contribution in [1.29, 1.82) is 0 Å². The molecule has 0 saturated carbocycles. The van der Waals surface area contributed by atoms with Gasteiger partial charge in [-0.25, -0.2) is 0 Å². The highest BCUT2D eigenvalue weighted by Crippen LogP contribution is 2.24. The molecule has 3 aromatic rings. The number of nitrogens with zero attached hydrogens (tertiary/aromatic N) is 3. The van der Waals surface area contributed by atoms with Gasteiger partial charge in [-0.1, -0.05) is 17.7 Å². The predicted octanol–water partition coefficient (Wildman–Crippen LogP) is 5.11. The Balaban J connectivity index is 1.72. The quantitative estimate of drug-likeness (QED) is 0.629. The number of aryl methyl sites for hydroxylation is 1. The molecule has 0 bridgehead atoms. The molecule has 0 atom stereocenters. The first-order chi connectivity index (χ1) is 12.5. The number of hydrogen-bond acceptors (Lipinski definition) is 6. The third-order valence-electron chi connectivity index (χ3n) is 3.50. The maximum absolute atomic E-state index is 6.05. The molecule has 3 rings (SSSR count). The normalized spacial score (nSPS) is 10.7. The maximum atomic E-state index is 6.05. The molecule has 0 aliphatic heterocycles. The van der Waals surface area contributed by atoms with E-state index in [-0.39, 0.29) is 6.10 Å².